The largest absolute Gasteiger partial charge is 0.341 e. The fourth-order valence-electron chi connectivity index (χ4n) is 1.56. The Hall–Kier alpha value is -1.02. The van der Waals surface area contributed by atoms with Gasteiger partial charge in [0, 0.05) is 25.0 Å². The van der Waals surface area contributed by atoms with Crippen LogP contribution in [0, 0.1) is 5.41 Å². The Morgan fingerprint density at radius 2 is 1.88 bits per heavy atom. The van der Waals surface area contributed by atoms with Gasteiger partial charge >= 0.3 is 0 Å². The molecule has 2 nitrogen and oxygen atoms in total. The minimum atomic E-state index is 0.0197. The van der Waals surface area contributed by atoms with Gasteiger partial charge in [0.15, 0.2) is 0 Å². The zero-order chi connectivity index (χ0) is 13.1. The van der Waals surface area contributed by atoms with Crippen LogP contribution in [-0.4, -0.2) is 17.9 Å². The third-order valence-electron chi connectivity index (χ3n) is 2.47. The number of carbonyl (C=O) groups excluding carboxylic acids is 1. The maximum atomic E-state index is 12.0. The van der Waals surface area contributed by atoms with Gasteiger partial charge in [-0.25, -0.2) is 0 Å². The van der Waals surface area contributed by atoms with E-state index in [1.807, 2.05) is 31.3 Å². The molecular formula is C14H20ClNO. The average molecular weight is 254 g/mol. The van der Waals surface area contributed by atoms with E-state index in [4.69, 9.17) is 11.6 Å². The van der Waals surface area contributed by atoms with E-state index in [1.54, 1.807) is 4.90 Å². The fraction of sp³-hybridized carbons (Fsp3) is 0.500. The number of halogens is 1. The van der Waals surface area contributed by atoms with E-state index in [1.165, 1.54) is 0 Å². The van der Waals surface area contributed by atoms with Gasteiger partial charge in [0.2, 0.25) is 5.91 Å². The van der Waals surface area contributed by atoms with Crippen LogP contribution in [0.1, 0.15) is 32.8 Å². The topological polar surface area (TPSA) is 20.3 Å². The second kappa shape index (κ2) is 5.54. The summed E-state index contributed by atoms with van der Waals surface area (Å²) in [6, 6.07) is 7.62. The van der Waals surface area contributed by atoms with Gasteiger partial charge in [0.25, 0.3) is 0 Å². The number of benzene rings is 1. The molecule has 0 bridgehead atoms. The highest BCUT2D eigenvalue weighted by molar-refractivity contribution is 6.31. The van der Waals surface area contributed by atoms with Crippen LogP contribution < -0.4 is 0 Å². The molecule has 0 aliphatic heterocycles. The van der Waals surface area contributed by atoms with Crippen LogP contribution in [0.3, 0.4) is 0 Å². The van der Waals surface area contributed by atoms with Crippen molar-refractivity contribution >= 4 is 17.5 Å². The lowest BCUT2D eigenvalue weighted by molar-refractivity contribution is -0.132. The van der Waals surface area contributed by atoms with E-state index < -0.39 is 0 Å². The Kier molecular flexibility index (Phi) is 4.58. The van der Waals surface area contributed by atoms with Crippen molar-refractivity contribution in [3.63, 3.8) is 0 Å². The molecule has 17 heavy (non-hydrogen) atoms. The molecule has 0 aliphatic rings. The SMILES string of the molecule is CN(Cc1ccccc1Cl)C(=O)CC(C)(C)C. The Bertz CT molecular complexity index is 395. The fourth-order valence-corrected chi connectivity index (χ4v) is 1.75. The molecule has 0 spiro atoms. The number of hydrogen-bond acceptors (Lipinski definition) is 1. The first-order valence-electron chi connectivity index (χ1n) is 5.77. The quantitative estimate of drug-likeness (QED) is 0.804. The molecular weight excluding hydrogens is 234 g/mol. The van der Waals surface area contributed by atoms with Crippen molar-refractivity contribution in [1.29, 1.82) is 0 Å². The molecule has 0 heterocycles. The third kappa shape index (κ3) is 4.78. The van der Waals surface area contributed by atoms with Gasteiger partial charge in [-0.2, -0.15) is 0 Å². The van der Waals surface area contributed by atoms with Crippen LogP contribution in [0.2, 0.25) is 5.02 Å². The van der Waals surface area contributed by atoms with Crippen molar-refractivity contribution in [2.24, 2.45) is 5.41 Å². The zero-order valence-corrected chi connectivity index (χ0v) is 11.7. The van der Waals surface area contributed by atoms with Crippen LogP contribution >= 0.6 is 11.6 Å². The van der Waals surface area contributed by atoms with Gasteiger partial charge in [-0.3, -0.25) is 4.79 Å². The molecule has 1 amide bonds. The molecule has 0 atom stereocenters. The highest BCUT2D eigenvalue weighted by Gasteiger charge is 2.19. The summed E-state index contributed by atoms with van der Waals surface area (Å²) in [5.41, 5.74) is 1.00. The zero-order valence-electron chi connectivity index (χ0n) is 11.0. The van der Waals surface area contributed by atoms with Gasteiger partial charge in [0.1, 0.15) is 0 Å². The first-order valence-corrected chi connectivity index (χ1v) is 6.15. The molecule has 0 N–H and O–H groups in total. The maximum Gasteiger partial charge on any atom is 0.223 e. The monoisotopic (exact) mass is 253 g/mol. The summed E-state index contributed by atoms with van der Waals surface area (Å²) in [5, 5.41) is 0.711. The molecule has 1 aromatic carbocycles. The summed E-state index contributed by atoms with van der Waals surface area (Å²) >= 11 is 6.07. The highest BCUT2D eigenvalue weighted by atomic mass is 35.5. The lowest BCUT2D eigenvalue weighted by Gasteiger charge is -2.23. The second-order valence-corrected chi connectivity index (χ2v) is 5.99. The van der Waals surface area contributed by atoms with Crippen molar-refractivity contribution in [2.45, 2.75) is 33.7 Å². The van der Waals surface area contributed by atoms with Crippen LogP contribution in [0.4, 0.5) is 0 Å². The Labute approximate surface area is 109 Å². The first kappa shape index (κ1) is 14.0. The molecule has 0 fully saturated rings. The van der Waals surface area contributed by atoms with Crippen molar-refractivity contribution < 1.29 is 4.79 Å². The average Bonchev–Trinajstić information content (AvgIpc) is 2.18. The predicted octanol–water partition coefficient (Wildman–Crippen LogP) is 3.73. The lowest BCUT2D eigenvalue weighted by atomic mass is 9.91. The van der Waals surface area contributed by atoms with Crippen molar-refractivity contribution in [3.8, 4) is 0 Å². The first-order chi connectivity index (χ1) is 7.79. The third-order valence-corrected chi connectivity index (χ3v) is 2.84. The molecule has 0 saturated carbocycles. The molecule has 0 unspecified atom stereocenters. The summed E-state index contributed by atoms with van der Waals surface area (Å²) in [6.07, 6.45) is 0.550. The van der Waals surface area contributed by atoms with E-state index in [0.29, 0.717) is 18.0 Å². The van der Waals surface area contributed by atoms with Gasteiger partial charge in [-0.1, -0.05) is 50.6 Å². The summed E-state index contributed by atoms with van der Waals surface area (Å²) in [4.78, 5) is 13.7. The van der Waals surface area contributed by atoms with E-state index in [9.17, 15) is 4.79 Å². The van der Waals surface area contributed by atoms with E-state index >= 15 is 0 Å². The molecule has 0 saturated heterocycles. The molecule has 94 valence electrons. The normalized spacial score (nSPS) is 11.4. The summed E-state index contributed by atoms with van der Waals surface area (Å²) in [7, 11) is 1.82. The van der Waals surface area contributed by atoms with Crippen LogP contribution in [0.25, 0.3) is 0 Å². The van der Waals surface area contributed by atoms with E-state index in [2.05, 4.69) is 20.8 Å². The molecule has 0 aliphatic carbocycles. The minimum absolute atomic E-state index is 0.0197. The van der Waals surface area contributed by atoms with Crippen LogP contribution in [-0.2, 0) is 11.3 Å². The number of amides is 1. The highest BCUT2D eigenvalue weighted by Crippen LogP contribution is 2.21. The lowest BCUT2D eigenvalue weighted by Crippen LogP contribution is -2.29. The Morgan fingerprint density at radius 3 is 2.41 bits per heavy atom. The van der Waals surface area contributed by atoms with Crippen molar-refractivity contribution in [3.05, 3.63) is 34.9 Å². The number of rotatable bonds is 3. The number of hydrogen-bond donors (Lipinski definition) is 0. The summed E-state index contributed by atoms with van der Waals surface area (Å²) in [5.74, 6) is 0.150. The predicted molar refractivity (Wildman–Crippen MR) is 72.0 cm³/mol. The standard InChI is InChI=1S/C14H20ClNO/c1-14(2,3)9-13(17)16(4)10-11-7-5-6-8-12(11)15/h5-8H,9-10H2,1-4H3. The minimum Gasteiger partial charge on any atom is -0.341 e. The summed E-state index contributed by atoms with van der Waals surface area (Å²) in [6.45, 7) is 6.76. The van der Waals surface area contributed by atoms with Gasteiger partial charge in [0.05, 0.1) is 0 Å². The Morgan fingerprint density at radius 1 is 1.29 bits per heavy atom. The van der Waals surface area contributed by atoms with Gasteiger partial charge in [-0.05, 0) is 17.0 Å². The molecule has 0 aromatic heterocycles. The molecule has 0 radical (unpaired) electrons. The van der Waals surface area contributed by atoms with Gasteiger partial charge < -0.3 is 4.90 Å². The van der Waals surface area contributed by atoms with Crippen LogP contribution in [0.5, 0.6) is 0 Å². The Balaban J connectivity index is 2.64. The summed E-state index contributed by atoms with van der Waals surface area (Å²) < 4.78 is 0. The van der Waals surface area contributed by atoms with Crippen LogP contribution in [0.15, 0.2) is 24.3 Å². The molecule has 3 heteroatoms. The van der Waals surface area contributed by atoms with Crippen molar-refractivity contribution in [2.75, 3.05) is 7.05 Å². The van der Waals surface area contributed by atoms with E-state index in [0.717, 1.165) is 5.56 Å². The molecule has 1 aromatic rings. The maximum absolute atomic E-state index is 12.0. The van der Waals surface area contributed by atoms with E-state index in [-0.39, 0.29) is 11.3 Å². The number of carbonyl (C=O) groups is 1. The molecule has 1 rings (SSSR count). The van der Waals surface area contributed by atoms with Crippen molar-refractivity contribution in [1.82, 2.24) is 4.90 Å². The second-order valence-electron chi connectivity index (χ2n) is 5.58. The number of nitrogens with zero attached hydrogens (tertiary/aromatic N) is 1. The van der Waals surface area contributed by atoms with Gasteiger partial charge in [-0.15, -0.1) is 0 Å². The smallest absolute Gasteiger partial charge is 0.223 e.